The van der Waals surface area contributed by atoms with E-state index in [1.54, 1.807) is 6.08 Å². The van der Waals surface area contributed by atoms with Crippen LogP contribution >= 0.6 is 12.6 Å². The first-order valence-corrected chi connectivity index (χ1v) is 6.43. The van der Waals surface area contributed by atoms with Crippen molar-refractivity contribution in [1.29, 1.82) is 0 Å². The van der Waals surface area contributed by atoms with Crippen LogP contribution in [-0.2, 0) is 9.47 Å². The Morgan fingerprint density at radius 2 is 1.83 bits per heavy atom. The molecule has 106 valence electrons. The fourth-order valence-corrected chi connectivity index (χ4v) is 1.77. The van der Waals surface area contributed by atoms with Gasteiger partial charge in [0.1, 0.15) is 24.4 Å². The number of aliphatic hydroxyl groups excluding tert-OH is 4. The Morgan fingerprint density at radius 3 is 2.44 bits per heavy atom. The zero-order valence-corrected chi connectivity index (χ0v) is 10.8. The lowest BCUT2D eigenvalue weighted by atomic mass is 9.99. The molecule has 1 aliphatic rings. The second-order valence-corrected chi connectivity index (χ2v) is 4.46. The van der Waals surface area contributed by atoms with Crippen molar-refractivity contribution >= 4 is 12.6 Å². The molecule has 0 aliphatic carbocycles. The largest absolute Gasteiger partial charge is 0.394 e. The molecule has 6 nitrogen and oxygen atoms in total. The van der Waals surface area contributed by atoms with Crippen molar-refractivity contribution in [2.75, 3.05) is 19.0 Å². The lowest BCUT2D eigenvalue weighted by Crippen LogP contribution is -2.59. The van der Waals surface area contributed by atoms with E-state index >= 15 is 0 Å². The molecule has 1 aliphatic heterocycles. The Balaban J connectivity index is 2.44. The molecule has 0 radical (unpaired) electrons. The highest BCUT2D eigenvalue weighted by Gasteiger charge is 2.43. The zero-order chi connectivity index (χ0) is 13.5. The smallest absolute Gasteiger partial charge is 0.187 e. The van der Waals surface area contributed by atoms with Gasteiger partial charge in [-0.05, 0) is 12.2 Å². The molecule has 4 N–H and O–H groups in total. The summed E-state index contributed by atoms with van der Waals surface area (Å²) in [4.78, 5) is 0. The van der Waals surface area contributed by atoms with Crippen molar-refractivity contribution in [2.45, 2.75) is 37.1 Å². The minimum absolute atomic E-state index is 0.205. The summed E-state index contributed by atoms with van der Waals surface area (Å²) >= 11 is 4.04. The van der Waals surface area contributed by atoms with Crippen LogP contribution in [0, 0.1) is 0 Å². The monoisotopic (exact) mass is 280 g/mol. The summed E-state index contributed by atoms with van der Waals surface area (Å²) in [5.41, 5.74) is 0. The molecule has 0 bridgehead atoms. The van der Waals surface area contributed by atoms with Gasteiger partial charge in [-0.2, -0.15) is 12.6 Å². The number of hydrogen-bond acceptors (Lipinski definition) is 7. The van der Waals surface area contributed by atoms with Crippen LogP contribution in [0.2, 0.25) is 0 Å². The van der Waals surface area contributed by atoms with Crippen LogP contribution in [0.1, 0.15) is 6.42 Å². The van der Waals surface area contributed by atoms with Crippen LogP contribution in [-0.4, -0.2) is 70.1 Å². The average Bonchev–Trinajstić information content (AvgIpc) is 2.38. The molecule has 0 aromatic carbocycles. The Morgan fingerprint density at radius 1 is 1.11 bits per heavy atom. The van der Waals surface area contributed by atoms with E-state index in [1.165, 1.54) is 0 Å². The minimum atomic E-state index is -1.40. The van der Waals surface area contributed by atoms with Gasteiger partial charge in [0, 0.05) is 0 Å². The van der Waals surface area contributed by atoms with Crippen molar-refractivity contribution < 1.29 is 29.9 Å². The predicted octanol–water partition coefficient (Wildman–Crippen LogP) is -1.32. The molecule has 0 aromatic rings. The first-order valence-electron chi connectivity index (χ1n) is 5.79. The molecule has 5 atom stereocenters. The molecule has 0 spiro atoms. The van der Waals surface area contributed by atoms with Crippen LogP contribution in [0.25, 0.3) is 0 Å². The molecule has 1 heterocycles. The quantitative estimate of drug-likeness (QED) is 0.306. The molecule has 7 heteroatoms. The van der Waals surface area contributed by atoms with Gasteiger partial charge in [0.25, 0.3) is 0 Å². The maximum absolute atomic E-state index is 9.65. The van der Waals surface area contributed by atoms with E-state index < -0.39 is 37.3 Å². The highest BCUT2D eigenvalue weighted by atomic mass is 32.1. The zero-order valence-electron chi connectivity index (χ0n) is 9.92. The van der Waals surface area contributed by atoms with Crippen LogP contribution in [0.3, 0.4) is 0 Å². The van der Waals surface area contributed by atoms with Gasteiger partial charge in [0.15, 0.2) is 6.29 Å². The second-order valence-electron chi connectivity index (χ2n) is 4.01. The van der Waals surface area contributed by atoms with Crippen molar-refractivity contribution in [3.05, 3.63) is 12.2 Å². The average molecular weight is 280 g/mol. The lowest BCUT2D eigenvalue weighted by Gasteiger charge is -2.39. The van der Waals surface area contributed by atoms with Gasteiger partial charge >= 0.3 is 0 Å². The first-order chi connectivity index (χ1) is 8.61. The maximum Gasteiger partial charge on any atom is 0.187 e. The summed E-state index contributed by atoms with van der Waals surface area (Å²) in [6.45, 7) is -0.253. The SMILES string of the molecule is OCC1OC(OCC=CCCS)C(O)C(O)C1O. The van der Waals surface area contributed by atoms with E-state index in [4.69, 9.17) is 14.6 Å². The molecular formula is C11H20O6S. The van der Waals surface area contributed by atoms with E-state index in [1.807, 2.05) is 6.08 Å². The fraction of sp³-hybridized carbons (Fsp3) is 0.818. The molecule has 0 amide bonds. The topological polar surface area (TPSA) is 99.4 Å². The molecule has 1 saturated heterocycles. The standard InChI is InChI=1S/C11H20O6S/c12-6-7-8(13)9(14)10(15)11(17-7)16-4-2-1-3-5-18/h1-2,7-15,18H,3-6H2. The molecule has 1 fully saturated rings. The van der Waals surface area contributed by atoms with Crippen molar-refractivity contribution in [2.24, 2.45) is 0 Å². The molecule has 18 heavy (non-hydrogen) atoms. The molecule has 1 rings (SSSR count). The van der Waals surface area contributed by atoms with Gasteiger partial charge in [-0.15, -0.1) is 0 Å². The van der Waals surface area contributed by atoms with Crippen LogP contribution < -0.4 is 0 Å². The van der Waals surface area contributed by atoms with Crippen LogP contribution in [0.4, 0.5) is 0 Å². The van der Waals surface area contributed by atoms with Gasteiger partial charge in [-0.25, -0.2) is 0 Å². The third kappa shape index (κ3) is 4.20. The number of allylic oxidation sites excluding steroid dienone is 1. The normalized spacial score (nSPS) is 37.3. The highest BCUT2D eigenvalue weighted by molar-refractivity contribution is 7.80. The number of ether oxygens (including phenoxy) is 2. The summed E-state index contributed by atoms with van der Waals surface area (Å²) in [6, 6.07) is 0. The Labute approximate surface area is 111 Å². The van der Waals surface area contributed by atoms with Gasteiger partial charge in [-0.3, -0.25) is 0 Å². The summed E-state index contributed by atoms with van der Waals surface area (Å²) in [6.07, 6.45) is -1.68. The summed E-state index contributed by atoms with van der Waals surface area (Å²) in [5, 5.41) is 37.7. The van der Waals surface area contributed by atoms with Crippen molar-refractivity contribution in [3.63, 3.8) is 0 Å². The van der Waals surface area contributed by atoms with Crippen molar-refractivity contribution in [1.82, 2.24) is 0 Å². The summed E-state index contributed by atoms with van der Waals surface area (Å²) in [7, 11) is 0. The van der Waals surface area contributed by atoms with Crippen LogP contribution in [0.15, 0.2) is 12.2 Å². The van der Waals surface area contributed by atoms with Gasteiger partial charge in [-0.1, -0.05) is 12.2 Å². The van der Waals surface area contributed by atoms with E-state index in [2.05, 4.69) is 12.6 Å². The van der Waals surface area contributed by atoms with E-state index in [0.717, 1.165) is 12.2 Å². The van der Waals surface area contributed by atoms with E-state index in [0.29, 0.717) is 0 Å². The third-order valence-corrected chi connectivity index (χ3v) is 2.93. The van der Waals surface area contributed by atoms with Gasteiger partial charge < -0.3 is 29.9 Å². The molecule has 0 saturated carbocycles. The number of aliphatic hydroxyl groups is 4. The highest BCUT2D eigenvalue weighted by Crippen LogP contribution is 2.21. The lowest BCUT2D eigenvalue weighted by molar-refractivity contribution is -0.298. The Hall–Kier alpha value is -0.150. The molecular weight excluding hydrogens is 260 g/mol. The molecule has 0 aromatic heterocycles. The summed E-state index contributed by atoms with van der Waals surface area (Å²) < 4.78 is 10.4. The number of rotatable bonds is 6. The van der Waals surface area contributed by atoms with Crippen molar-refractivity contribution in [3.8, 4) is 0 Å². The van der Waals surface area contributed by atoms with Gasteiger partial charge in [0.2, 0.25) is 0 Å². The van der Waals surface area contributed by atoms with Gasteiger partial charge in [0.05, 0.1) is 13.2 Å². The third-order valence-electron chi connectivity index (χ3n) is 2.67. The number of thiol groups is 1. The molecule has 5 unspecified atom stereocenters. The van der Waals surface area contributed by atoms with Crippen LogP contribution in [0.5, 0.6) is 0 Å². The Bertz CT molecular complexity index is 260. The van der Waals surface area contributed by atoms with E-state index in [-0.39, 0.29) is 6.61 Å². The maximum atomic E-state index is 9.65. The van der Waals surface area contributed by atoms with E-state index in [9.17, 15) is 15.3 Å². The fourth-order valence-electron chi connectivity index (χ4n) is 1.62. The number of hydrogen-bond donors (Lipinski definition) is 5. The summed E-state index contributed by atoms with van der Waals surface area (Å²) in [5.74, 6) is 0.733. The second kappa shape index (κ2) is 8.11. The minimum Gasteiger partial charge on any atom is -0.394 e. The first kappa shape index (κ1) is 15.9. The Kier molecular flexibility index (Phi) is 7.16. The predicted molar refractivity (Wildman–Crippen MR) is 67.3 cm³/mol.